The quantitative estimate of drug-likeness (QED) is 0.382. The van der Waals surface area contributed by atoms with Crippen LogP contribution >= 0.6 is 0 Å². The second-order valence-electron chi connectivity index (χ2n) is 4.24. The molecular weight excluding hydrogens is 222 g/mol. The minimum atomic E-state index is -0.394. The fourth-order valence-corrected chi connectivity index (χ4v) is 1.23. The Hall–Kier alpha value is -1.61. The Morgan fingerprint density at radius 2 is 2.18 bits per heavy atom. The Morgan fingerprint density at radius 1 is 1.53 bits per heavy atom. The zero-order valence-electron chi connectivity index (χ0n) is 10.3. The molecule has 0 aliphatic carbocycles. The summed E-state index contributed by atoms with van der Waals surface area (Å²) in [4.78, 5) is 26.0. The van der Waals surface area contributed by atoms with Crippen molar-refractivity contribution in [2.45, 2.75) is 32.0 Å². The van der Waals surface area contributed by atoms with Gasteiger partial charge in [0.05, 0.1) is 19.0 Å². The van der Waals surface area contributed by atoms with Crippen LogP contribution in [0.1, 0.15) is 19.8 Å². The zero-order valence-corrected chi connectivity index (χ0v) is 10.3. The van der Waals surface area contributed by atoms with Crippen molar-refractivity contribution in [1.82, 2.24) is 9.80 Å². The van der Waals surface area contributed by atoms with E-state index in [-0.39, 0.29) is 31.0 Å². The van der Waals surface area contributed by atoms with Crippen LogP contribution in [0.4, 0.5) is 0 Å². The second kappa shape index (κ2) is 5.64. The Balaban J connectivity index is 2.21. The lowest BCUT2D eigenvalue weighted by atomic mass is 10.3. The van der Waals surface area contributed by atoms with E-state index < -0.39 is 5.97 Å². The number of ether oxygens (including phenoxy) is 1. The molecule has 0 spiro atoms. The molecule has 2 unspecified atom stereocenters. The number of esters is 1. The first-order valence-corrected chi connectivity index (χ1v) is 5.50. The van der Waals surface area contributed by atoms with Gasteiger partial charge in [-0.2, -0.15) is 5.26 Å². The molecule has 6 nitrogen and oxygen atoms in total. The molecule has 1 rings (SSSR count). The summed E-state index contributed by atoms with van der Waals surface area (Å²) in [6.45, 7) is 2.24. The number of carbonyl (C=O) groups excluding carboxylic acids is 2. The molecule has 0 radical (unpaired) electrons. The van der Waals surface area contributed by atoms with E-state index in [0.717, 1.165) is 0 Å². The number of rotatable bonds is 5. The average molecular weight is 239 g/mol. The third-order valence-corrected chi connectivity index (χ3v) is 2.65. The first kappa shape index (κ1) is 13.5. The summed E-state index contributed by atoms with van der Waals surface area (Å²) >= 11 is 0. The van der Waals surface area contributed by atoms with Gasteiger partial charge >= 0.3 is 5.97 Å². The maximum absolute atomic E-state index is 11.5. The van der Waals surface area contributed by atoms with Crippen LogP contribution in [-0.4, -0.2) is 54.6 Å². The smallest absolute Gasteiger partial charge is 0.307 e. The maximum atomic E-state index is 11.5. The SMILES string of the molecule is CC(OC(=O)CCC(=O)N1CC1C#N)N(C)C. The van der Waals surface area contributed by atoms with Gasteiger partial charge in [-0.15, -0.1) is 0 Å². The summed E-state index contributed by atoms with van der Waals surface area (Å²) in [5.41, 5.74) is 0. The van der Waals surface area contributed by atoms with Gasteiger partial charge in [-0.1, -0.05) is 0 Å². The minimum absolute atomic E-state index is 0.0612. The third-order valence-electron chi connectivity index (χ3n) is 2.65. The fraction of sp³-hybridized carbons (Fsp3) is 0.727. The predicted octanol–water partition coefficient (Wildman–Crippen LogP) is -0.0482. The molecule has 0 N–H and O–H groups in total. The highest BCUT2D eigenvalue weighted by Crippen LogP contribution is 2.18. The second-order valence-corrected chi connectivity index (χ2v) is 4.24. The number of hydrogen-bond acceptors (Lipinski definition) is 5. The number of hydrogen-bond donors (Lipinski definition) is 0. The first-order chi connectivity index (χ1) is 7.95. The zero-order chi connectivity index (χ0) is 13.0. The molecule has 0 aromatic rings. The summed E-state index contributed by atoms with van der Waals surface area (Å²) in [6, 6.07) is 1.69. The molecule has 17 heavy (non-hydrogen) atoms. The van der Waals surface area contributed by atoms with Gasteiger partial charge in [0, 0.05) is 6.42 Å². The van der Waals surface area contributed by atoms with Gasteiger partial charge in [-0.05, 0) is 21.0 Å². The van der Waals surface area contributed by atoms with E-state index in [1.54, 1.807) is 25.9 Å². The molecule has 1 saturated heterocycles. The van der Waals surface area contributed by atoms with Gasteiger partial charge < -0.3 is 9.64 Å². The summed E-state index contributed by atoms with van der Waals surface area (Å²) in [5, 5.41) is 8.54. The molecule has 0 bridgehead atoms. The van der Waals surface area contributed by atoms with Crippen LogP contribution < -0.4 is 0 Å². The van der Waals surface area contributed by atoms with Crippen molar-refractivity contribution in [3.63, 3.8) is 0 Å². The summed E-state index contributed by atoms with van der Waals surface area (Å²) < 4.78 is 5.07. The lowest BCUT2D eigenvalue weighted by Crippen LogP contribution is -2.30. The van der Waals surface area contributed by atoms with Crippen LogP contribution in [0.15, 0.2) is 0 Å². The van der Waals surface area contributed by atoms with Crippen LogP contribution in [0.3, 0.4) is 0 Å². The fourth-order valence-electron chi connectivity index (χ4n) is 1.23. The number of nitrogens with zero attached hydrogens (tertiary/aromatic N) is 3. The molecule has 1 aliphatic heterocycles. The van der Waals surface area contributed by atoms with Gasteiger partial charge in [0.1, 0.15) is 6.04 Å². The van der Waals surface area contributed by atoms with E-state index in [1.807, 2.05) is 6.07 Å². The minimum Gasteiger partial charge on any atom is -0.447 e. The van der Waals surface area contributed by atoms with Gasteiger partial charge in [-0.25, -0.2) is 0 Å². The van der Waals surface area contributed by atoms with Crippen molar-refractivity contribution in [1.29, 1.82) is 5.26 Å². The maximum Gasteiger partial charge on any atom is 0.307 e. The normalized spacial score (nSPS) is 19.7. The lowest BCUT2D eigenvalue weighted by molar-refractivity contribution is -0.156. The highest BCUT2D eigenvalue weighted by Gasteiger charge is 2.38. The standard InChI is InChI=1S/C11H17N3O3/c1-8(13(2)3)17-11(16)5-4-10(15)14-7-9(14)6-12/h8-9H,4-5,7H2,1-3H3. The van der Waals surface area contributed by atoms with E-state index in [9.17, 15) is 9.59 Å². The largest absolute Gasteiger partial charge is 0.447 e. The van der Waals surface area contributed by atoms with Gasteiger partial charge in [0.25, 0.3) is 0 Å². The van der Waals surface area contributed by atoms with Crippen molar-refractivity contribution in [3.8, 4) is 6.07 Å². The van der Waals surface area contributed by atoms with E-state index in [4.69, 9.17) is 10.00 Å². The highest BCUT2D eigenvalue weighted by molar-refractivity contribution is 5.83. The Kier molecular flexibility index (Phi) is 4.46. The van der Waals surface area contributed by atoms with Crippen molar-refractivity contribution < 1.29 is 14.3 Å². The number of carbonyl (C=O) groups is 2. The Bertz CT molecular complexity index is 348. The van der Waals surface area contributed by atoms with E-state index in [1.165, 1.54) is 4.90 Å². The third kappa shape index (κ3) is 4.04. The molecule has 0 saturated carbocycles. The molecule has 0 aromatic heterocycles. The monoisotopic (exact) mass is 239 g/mol. The van der Waals surface area contributed by atoms with Crippen molar-refractivity contribution in [2.75, 3.05) is 20.6 Å². The molecule has 6 heteroatoms. The number of amides is 1. The van der Waals surface area contributed by atoms with Crippen LogP contribution in [0.2, 0.25) is 0 Å². The van der Waals surface area contributed by atoms with Crippen LogP contribution in [0, 0.1) is 11.3 Å². The molecule has 1 heterocycles. The van der Waals surface area contributed by atoms with Gasteiger partial charge in [-0.3, -0.25) is 14.5 Å². The van der Waals surface area contributed by atoms with Crippen molar-refractivity contribution in [2.24, 2.45) is 0 Å². The molecule has 94 valence electrons. The topological polar surface area (TPSA) is 73.4 Å². The van der Waals surface area contributed by atoms with Gasteiger partial charge in [0.2, 0.25) is 5.91 Å². The lowest BCUT2D eigenvalue weighted by Gasteiger charge is -2.19. The molecule has 1 amide bonds. The van der Waals surface area contributed by atoms with E-state index in [2.05, 4.69) is 0 Å². The predicted molar refractivity (Wildman–Crippen MR) is 59.6 cm³/mol. The first-order valence-electron chi connectivity index (χ1n) is 5.50. The van der Waals surface area contributed by atoms with Crippen molar-refractivity contribution >= 4 is 11.9 Å². The van der Waals surface area contributed by atoms with Crippen LogP contribution in [0.25, 0.3) is 0 Å². The van der Waals surface area contributed by atoms with Gasteiger partial charge in [0.15, 0.2) is 6.23 Å². The van der Waals surface area contributed by atoms with E-state index >= 15 is 0 Å². The summed E-state index contributed by atoms with van der Waals surface area (Å²) in [6.07, 6.45) is -0.131. The van der Waals surface area contributed by atoms with Crippen molar-refractivity contribution in [3.05, 3.63) is 0 Å². The van der Waals surface area contributed by atoms with Crippen LogP contribution in [0.5, 0.6) is 0 Å². The molecular formula is C11H17N3O3. The average Bonchev–Trinajstić information content (AvgIpc) is 3.04. The Labute approximate surface area is 101 Å². The Morgan fingerprint density at radius 3 is 2.65 bits per heavy atom. The molecule has 0 aromatic carbocycles. The van der Waals surface area contributed by atoms with E-state index in [0.29, 0.717) is 6.54 Å². The highest BCUT2D eigenvalue weighted by atomic mass is 16.6. The summed E-state index contributed by atoms with van der Waals surface area (Å²) in [7, 11) is 3.60. The molecule has 1 fully saturated rings. The van der Waals surface area contributed by atoms with Crippen LogP contribution in [-0.2, 0) is 14.3 Å². The summed E-state index contributed by atoms with van der Waals surface area (Å²) in [5.74, 6) is -0.555. The number of nitriles is 1. The molecule has 1 aliphatic rings. The molecule has 2 atom stereocenters.